The normalized spacial score (nSPS) is 26.0. The van der Waals surface area contributed by atoms with Crippen LogP contribution >= 0.6 is 11.8 Å². The van der Waals surface area contributed by atoms with Gasteiger partial charge >= 0.3 is 11.9 Å². The SMILES string of the molecule is COC1(NC(=O)CCCC(N)C(=O)O)C(=O)N2C(C(=O)O)=C(C)CS[C@H]21. The molecular formula is C15H21N3O7S. The molecule has 2 aliphatic rings. The van der Waals surface area contributed by atoms with Gasteiger partial charge in [-0.3, -0.25) is 19.3 Å². The van der Waals surface area contributed by atoms with Crippen molar-refractivity contribution in [2.75, 3.05) is 12.9 Å². The van der Waals surface area contributed by atoms with Gasteiger partial charge in [-0.1, -0.05) is 0 Å². The Balaban J connectivity index is 2.04. The first kappa shape index (κ1) is 20.2. The number of hydrogen-bond acceptors (Lipinski definition) is 7. The summed E-state index contributed by atoms with van der Waals surface area (Å²) < 4.78 is 5.28. The summed E-state index contributed by atoms with van der Waals surface area (Å²) in [5.41, 5.74) is 4.22. The minimum absolute atomic E-state index is 0.0303. The van der Waals surface area contributed by atoms with E-state index in [1.54, 1.807) is 6.92 Å². The topological polar surface area (TPSA) is 159 Å². The molecule has 26 heavy (non-hydrogen) atoms. The van der Waals surface area contributed by atoms with Crippen LogP contribution in [0.25, 0.3) is 0 Å². The van der Waals surface area contributed by atoms with Gasteiger partial charge in [0.2, 0.25) is 5.91 Å². The average Bonchev–Trinajstić information content (AvgIpc) is 2.58. The van der Waals surface area contributed by atoms with E-state index >= 15 is 0 Å². The lowest BCUT2D eigenvalue weighted by atomic mass is 9.98. The van der Waals surface area contributed by atoms with Crippen molar-refractivity contribution in [2.24, 2.45) is 5.73 Å². The lowest BCUT2D eigenvalue weighted by molar-refractivity contribution is -0.192. The van der Waals surface area contributed by atoms with Gasteiger partial charge in [-0.05, 0) is 25.3 Å². The molecule has 2 aliphatic heterocycles. The van der Waals surface area contributed by atoms with Gasteiger partial charge < -0.3 is 26.0 Å². The van der Waals surface area contributed by atoms with E-state index in [1.807, 2.05) is 0 Å². The molecule has 0 radical (unpaired) electrons. The van der Waals surface area contributed by atoms with E-state index in [4.69, 9.17) is 15.6 Å². The van der Waals surface area contributed by atoms with Gasteiger partial charge in [-0.25, -0.2) is 4.79 Å². The number of ether oxygens (including phenoxy) is 1. The number of nitrogens with two attached hydrogens (primary N) is 1. The van der Waals surface area contributed by atoms with Crippen molar-refractivity contribution in [1.82, 2.24) is 10.2 Å². The summed E-state index contributed by atoms with van der Waals surface area (Å²) in [6, 6.07) is -1.06. The lowest BCUT2D eigenvalue weighted by Crippen LogP contribution is -2.80. The molecule has 0 bridgehead atoms. The maximum atomic E-state index is 12.6. The Hall–Kier alpha value is -2.11. The minimum Gasteiger partial charge on any atom is -0.480 e. The van der Waals surface area contributed by atoms with E-state index < -0.39 is 40.9 Å². The van der Waals surface area contributed by atoms with Gasteiger partial charge in [0.05, 0.1) is 0 Å². The number of fused-ring (bicyclic) bond motifs is 1. The summed E-state index contributed by atoms with van der Waals surface area (Å²) >= 11 is 1.30. The van der Waals surface area contributed by atoms with Gasteiger partial charge in [-0.2, -0.15) is 0 Å². The number of hydrogen-bond donors (Lipinski definition) is 4. The first-order chi connectivity index (χ1) is 12.2. The highest BCUT2D eigenvalue weighted by Crippen LogP contribution is 2.46. The molecule has 2 unspecified atom stereocenters. The fraction of sp³-hybridized carbons (Fsp3) is 0.600. The largest absolute Gasteiger partial charge is 0.480 e. The van der Waals surface area contributed by atoms with Crippen LogP contribution in [0.3, 0.4) is 0 Å². The number of aliphatic carboxylic acids is 2. The van der Waals surface area contributed by atoms with Gasteiger partial charge in [0, 0.05) is 19.3 Å². The number of thioether (sulfide) groups is 1. The van der Waals surface area contributed by atoms with Gasteiger partial charge in [0.1, 0.15) is 17.1 Å². The predicted octanol–water partition coefficient (Wildman–Crippen LogP) is -0.699. The number of carboxylic acids is 2. The Morgan fingerprint density at radius 2 is 2.12 bits per heavy atom. The molecule has 0 saturated carbocycles. The van der Waals surface area contributed by atoms with Crippen LogP contribution in [0.1, 0.15) is 26.2 Å². The summed E-state index contributed by atoms with van der Waals surface area (Å²) in [7, 11) is 1.27. The monoisotopic (exact) mass is 387 g/mol. The quantitative estimate of drug-likeness (QED) is 0.312. The summed E-state index contributed by atoms with van der Waals surface area (Å²) in [6.07, 6.45) is 0.317. The van der Waals surface area contributed by atoms with Crippen molar-refractivity contribution in [3.63, 3.8) is 0 Å². The number of nitrogens with one attached hydrogen (secondary N) is 1. The van der Waals surface area contributed by atoms with Crippen LogP contribution in [-0.4, -0.2) is 68.9 Å². The highest BCUT2D eigenvalue weighted by Gasteiger charge is 2.66. The maximum Gasteiger partial charge on any atom is 0.352 e. The van der Waals surface area contributed by atoms with Crippen molar-refractivity contribution in [3.8, 4) is 0 Å². The molecule has 1 fully saturated rings. The molecule has 2 rings (SSSR count). The summed E-state index contributed by atoms with van der Waals surface area (Å²) in [6.45, 7) is 1.64. The van der Waals surface area contributed by atoms with E-state index in [2.05, 4.69) is 5.32 Å². The molecule has 0 spiro atoms. The molecular weight excluding hydrogens is 366 g/mol. The van der Waals surface area contributed by atoms with Crippen molar-refractivity contribution in [3.05, 3.63) is 11.3 Å². The van der Waals surface area contributed by atoms with Crippen molar-refractivity contribution < 1.29 is 34.1 Å². The zero-order valence-corrected chi connectivity index (χ0v) is 15.2. The minimum atomic E-state index is -1.63. The molecule has 11 heteroatoms. The molecule has 0 aliphatic carbocycles. The van der Waals surface area contributed by atoms with Gasteiger partial charge in [-0.15, -0.1) is 11.8 Å². The van der Waals surface area contributed by atoms with Gasteiger partial charge in [0.15, 0.2) is 0 Å². The molecule has 0 aromatic rings. The number of nitrogens with zero attached hydrogens (tertiary/aromatic N) is 1. The number of carboxylic acid groups (broad SMARTS) is 2. The third kappa shape index (κ3) is 3.41. The molecule has 0 aromatic carbocycles. The standard InChI is InChI=1S/C15H21N3O7S/c1-7-6-26-14-15(25-2,13(24)18(14)10(7)12(22)23)17-9(19)5-3-4-8(16)11(20)21/h8,14H,3-6,16H2,1-2H3,(H,17,19)(H,20,21)(H,22,23)/t8?,14-,15?/m0/s1. The molecule has 5 N–H and O–H groups in total. The van der Waals surface area contributed by atoms with E-state index in [9.17, 15) is 24.3 Å². The first-order valence-corrected chi connectivity index (χ1v) is 8.93. The van der Waals surface area contributed by atoms with E-state index in [1.165, 1.54) is 18.9 Å². The summed E-state index contributed by atoms with van der Waals surface area (Å²) in [5.74, 6) is -3.11. The highest BCUT2D eigenvalue weighted by molar-refractivity contribution is 8.00. The average molecular weight is 387 g/mol. The molecule has 1 saturated heterocycles. The number of methoxy groups -OCH3 is 1. The lowest BCUT2D eigenvalue weighted by Gasteiger charge is -2.55. The second-order valence-corrected chi connectivity index (χ2v) is 7.17. The Morgan fingerprint density at radius 1 is 1.46 bits per heavy atom. The molecule has 144 valence electrons. The smallest absolute Gasteiger partial charge is 0.352 e. The van der Waals surface area contributed by atoms with Crippen LogP contribution in [0.5, 0.6) is 0 Å². The second kappa shape index (κ2) is 7.64. The zero-order valence-electron chi connectivity index (χ0n) is 14.4. The summed E-state index contributed by atoms with van der Waals surface area (Å²) in [5, 5.41) is 19.9. The number of carbonyl (C=O) groups excluding carboxylic acids is 2. The van der Waals surface area contributed by atoms with E-state index in [0.29, 0.717) is 11.3 Å². The number of rotatable bonds is 8. The van der Waals surface area contributed by atoms with Crippen LogP contribution in [0.2, 0.25) is 0 Å². The van der Waals surface area contributed by atoms with Crippen molar-refractivity contribution in [2.45, 2.75) is 43.3 Å². The fourth-order valence-corrected chi connectivity index (χ4v) is 4.30. The Labute approximate surface area is 153 Å². The van der Waals surface area contributed by atoms with Crippen LogP contribution in [0.4, 0.5) is 0 Å². The van der Waals surface area contributed by atoms with Crippen molar-refractivity contribution >= 4 is 35.5 Å². The number of amides is 2. The maximum absolute atomic E-state index is 12.6. The number of carbonyl (C=O) groups is 4. The molecule has 3 atom stereocenters. The second-order valence-electron chi connectivity index (χ2n) is 6.10. The predicted molar refractivity (Wildman–Crippen MR) is 90.8 cm³/mol. The molecule has 2 amide bonds. The van der Waals surface area contributed by atoms with Crippen LogP contribution in [-0.2, 0) is 23.9 Å². The Bertz CT molecular complexity index is 680. The molecule has 2 heterocycles. The molecule has 10 nitrogen and oxygen atoms in total. The fourth-order valence-electron chi connectivity index (χ4n) is 2.91. The highest BCUT2D eigenvalue weighted by atomic mass is 32.2. The van der Waals surface area contributed by atoms with Crippen LogP contribution in [0.15, 0.2) is 11.3 Å². The van der Waals surface area contributed by atoms with E-state index in [0.717, 1.165) is 4.90 Å². The number of β-lactam (4-membered cyclic amide) rings is 1. The van der Waals surface area contributed by atoms with Gasteiger partial charge in [0.25, 0.3) is 11.6 Å². The Morgan fingerprint density at radius 3 is 2.65 bits per heavy atom. The molecule has 0 aromatic heterocycles. The Kier molecular flexibility index (Phi) is 5.94. The zero-order chi connectivity index (χ0) is 19.6. The third-order valence-electron chi connectivity index (χ3n) is 4.31. The van der Waals surface area contributed by atoms with Crippen molar-refractivity contribution in [1.29, 1.82) is 0 Å². The van der Waals surface area contributed by atoms with Crippen LogP contribution in [0, 0.1) is 0 Å². The van der Waals surface area contributed by atoms with E-state index in [-0.39, 0.29) is 25.0 Å². The first-order valence-electron chi connectivity index (χ1n) is 7.88. The third-order valence-corrected chi connectivity index (χ3v) is 5.77. The summed E-state index contributed by atoms with van der Waals surface area (Å²) in [4.78, 5) is 48.0. The van der Waals surface area contributed by atoms with Crippen LogP contribution < -0.4 is 11.1 Å².